The highest BCUT2D eigenvalue weighted by Gasteiger charge is 2.23. The van der Waals surface area contributed by atoms with Crippen LogP contribution < -0.4 is 10.1 Å². The third kappa shape index (κ3) is 4.26. The number of benzene rings is 3. The van der Waals surface area contributed by atoms with E-state index in [0.29, 0.717) is 21.6 Å². The van der Waals surface area contributed by atoms with E-state index in [1.165, 1.54) is 11.8 Å². The quantitative estimate of drug-likeness (QED) is 0.295. The number of furan rings is 1. The maximum Gasteiger partial charge on any atom is 0.263 e. The van der Waals surface area contributed by atoms with E-state index < -0.39 is 0 Å². The Morgan fingerprint density at radius 1 is 1.00 bits per heavy atom. The highest BCUT2D eigenvalue weighted by Crippen LogP contribution is 2.34. The summed E-state index contributed by atoms with van der Waals surface area (Å²) in [4.78, 5) is 12.7. The zero-order valence-corrected chi connectivity index (χ0v) is 18.0. The number of carbonyl (C=O) groups is 1. The van der Waals surface area contributed by atoms with Gasteiger partial charge >= 0.3 is 0 Å². The van der Waals surface area contributed by atoms with Crippen LogP contribution in [0.4, 0.5) is 0 Å². The van der Waals surface area contributed by atoms with Gasteiger partial charge in [-0.05, 0) is 42.0 Å². The highest BCUT2D eigenvalue weighted by molar-refractivity contribution is 8.26. The summed E-state index contributed by atoms with van der Waals surface area (Å²) in [5.41, 5.74) is 3.59. The molecule has 1 aromatic heterocycles. The molecule has 2 heterocycles. The number of carbonyl (C=O) groups excluding carboxylic acids is 1. The molecule has 0 saturated carbocycles. The number of hydrogen-bond donors (Lipinski definition) is 1. The fourth-order valence-electron chi connectivity index (χ4n) is 3.37. The van der Waals surface area contributed by atoms with E-state index in [2.05, 4.69) is 5.32 Å². The maximum absolute atomic E-state index is 12.2. The minimum Gasteiger partial charge on any atom is -0.488 e. The van der Waals surface area contributed by atoms with E-state index in [1.807, 2.05) is 84.9 Å². The molecule has 0 spiro atoms. The van der Waals surface area contributed by atoms with Crippen molar-refractivity contribution in [2.45, 2.75) is 6.61 Å². The summed E-state index contributed by atoms with van der Waals surface area (Å²) in [7, 11) is 0. The van der Waals surface area contributed by atoms with Crippen LogP contribution in [-0.4, -0.2) is 10.2 Å². The molecule has 5 rings (SSSR count). The third-order valence-corrected chi connectivity index (χ3v) is 6.05. The van der Waals surface area contributed by atoms with Gasteiger partial charge in [-0.1, -0.05) is 72.5 Å². The summed E-state index contributed by atoms with van der Waals surface area (Å²) in [6.45, 7) is 0.429. The zero-order chi connectivity index (χ0) is 21.2. The smallest absolute Gasteiger partial charge is 0.263 e. The molecule has 6 heteroatoms. The molecule has 1 saturated heterocycles. The van der Waals surface area contributed by atoms with Gasteiger partial charge < -0.3 is 14.5 Å². The fraction of sp³-hybridized carbons (Fsp3) is 0.0400. The standard InChI is InChI=1S/C25H17NO3S2/c27-24-23(31-25(30)26-24)14-19-12-18(22-13-17-8-4-5-9-21(17)29-22)10-11-20(19)28-15-16-6-2-1-3-7-16/h1-14H,15H2,(H,26,27,30). The Labute approximate surface area is 188 Å². The summed E-state index contributed by atoms with van der Waals surface area (Å²) >= 11 is 6.37. The topological polar surface area (TPSA) is 51.5 Å². The minimum absolute atomic E-state index is 0.196. The lowest BCUT2D eigenvalue weighted by molar-refractivity contribution is -0.115. The van der Waals surface area contributed by atoms with Crippen LogP contribution in [-0.2, 0) is 11.4 Å². The van der Waals surface area contributed by atoms with Gasteiger partial charge in [-0.2, -0.15) is 0 Å². The van der Waals surface area contributed by atoms with Crippen molar-refractivity contribution in [3.05, 3.63) is 94.9 Å². The first-order valence-corrected chi connectivity index (χ1v) is 10.9. The molecule has 1 fully saturated rings. The van der Waals surface area contributed by atoms with Gasteiger partial charge in [0, 0.05) is 16.5 Å². The zero-order valence-electron chi connectivity index (χ0n) is 16.3. The van der Waals surface area contributed by atoms with Crippen molar-refractivity contribution in [2.75, 3.05) is 0 Å². The average Bonchev–Trinajstić information content (AvgIpc) is 3.36. The fourth-order valence-corrected chi connectivity index (χ4v) is 4.40. The second-order valence-electron chi connectivity index (χ2n) is 7.03. The monoisotopic (exact) mass is 443 g/mol. The molecular weight excluding hydrogens is 426 g/mol. The molecule has 1 amide bonds. The maximum atomic E-state index is 12.2. The Bertz CT molecular complexity index is 1290. The first-order chi connectivity index (χ1) is 15.2. The molecule has 4 aromatic rings. The molecule has 0 atom stereocenters. The van der Waals surface area contributed by atoms with Crippen LogP contribution in [0.25, 0.3) is 28.4 Å². The highest BCUT2D eigenvalue weighted by atomic mass is 32.2. The number of ether oxygens (including phenoxy) is 1. The van der Waals surface area contributed by atoms with Crippen molar-refractivity contribution in [3.8, 4) is 17.1 Å². The second kappa shape index (κ2) is 8.41. The van der Waals surface area contributed by atoms with Gasteiger partial charge in [-0.15, -0.1) is 0 Å². The predicted molar refractivity (Wildman–Crippen MR) is 129 cm³/mol. The number of para-hydroxylation sites is 1. The third-order valence-electron chi connectivity index (χ3n) is 4.89. The van der Waals surface area contributed by atoms with Crippen molar-refractivity contribution < 1.29 is 13.9 Å². The van der Waals surface area contributed by atoms with E-state index in [0.717, 1.165) is 33.4 Å². The second-order valence-corrected chi connectivity index (χ2v) is 8.75. The largest absolute Gasteiger partial charge is 0.488 e. The Hall–Kier alpha value is -3.35. The molecule has 31 heavy (non-hydrogen) atoms. The first-order valence-electron chi connectivity index (χ1n) is 9.70. The van der Waals surface area contributed by atoms with Gasteiger partial charge in [0.05, 0.1) is 4.91 Å². The number of amides is 1. The van der Waals surface area contributed by atoms with Gasteiger partial charge in [0.1, 0.15) is 28.0 Å². The molecule has 1 aliphatic heterocycles. The lowest BCUT2D eigenvalue weighted by Gasteiger charge is -2.11. The Balaban J connectivity index is 1.53. The lowest BCUT2D eigenvalue weighted by Crippen LogP contribution is -2.17. The Morgan fingerprint density at radius 2 is 1.81 bits per heavy atom. The number of hydrogen-bond acceptors (Lipinski definition) is 5. The summed E-state index contributed by atoms with van der Waals surface area (Å²) in [5.74, 6) is 1.25. The van der Waals surface area contributed by atoms with E-state index in [1.54, 1.807) is 0 Å². The molecule has 3 aromatic carbocycles. The van der Waals surface area contributed by atoms with Crippen molar-refractivity contribution in [2.24, 2.45) is 0 Å². The van der Waals surface area contributed by atoms with Crippen molar-refractivity contribution in [1.82, 2.24) is 5.32 Å². The molecule has 4 nitrogen and oxygen atoms in total. The Morgan fingerprint density at radius 3 is 2.58 bits per heavy atom. The number of rotatable bonds is 5. The van der Waals surface area contributed by atoms with Crippen LogP contribution >= 0.6 is 24.0 Å². The van der Waals surface area contributed by atoms with Gasteiger partial charge in [0.2, 0.25) is 0 Å². The average molecular weight is 444 g/mol. The van der Waals surface area contributed by atoms with Gasteiger partial charge in [0.15, 0.2) is 0 Å². The number of thioether (sulfide) groups is 1. The van der Waals surface area contributed by atoms with Crippen LogP contribution in [0.15, 0.2) is 88.2 Å². The van der Waals surface area contributed by atoms with Crippen molar-refractivity contribution in [3.63, 3.8) is 0 Å². The van der Waals surface area contributed by atoms with Crippen LogP contribution in [0.1, 0.15) is 11.1 Å². The lowest BCUT2D eigenvalue weighted by atomic mass is 10.1. The van der Waals surface area contributed by atoms with Crippen LogP contribution in [0.3, 0.4) is 0 Å². The number of nitrogens with one attached hydrogen (secondary N) is 1. The minimum atomic E-state index is -0.196. The molecule has 0 aliphatic carbocycles. The molecule has 1 aliphatic rings. The van der Waals surface area contributed by atoms with Crippen LogP contribution in [0.5, 0.6) is 5.75 Å². The van der Waals surface area contributed by atoms with Crippen LogP contribution in [0, 0.1) is 0 Å². The van der Waals surface area contributed by atoms with Gasteiger partial charge in [-0.3, -0.25) is 4.79 Å². The van der Waals surface area contributed by atoms with Gasteiger partial charge in [0.25, 0.3) is 5.91 Å². The molecule has 0 radical (unpaired) electrons. The molecule has 0 unspecified atom stereocenters. The molecule has 0 bridgehead atoms. The van der Waals surface area contributed by atoms with E-state index in [9.17, 15) is 4.79 Å². The first kappa shape index (κ1) is 19.6. The van der Waals surface area contributed by atoms with Crippen molar-refractivity contribution >= 4 is 51.3 Å². The van der Waals surface area contributed by atoms with E-state index >= 15 is 0 Å². The van der Waals surface area contributed by atoms with Gasteiger partial charge in [-0.25, -0.2) is 0 Å². The molecule has 152 valence electrons. The number of fused-ring (bicyclic) bond motifs is 1. The summed E-state index contributed by atoms with van der Waals surface area (Å²) in [5, 5.41) is 3.70. The normalized spacial score (nSPS) is 14.9. The molecular formula is C25H17NO3S2. The van der Waals surface area contributed by atoms with Crippen LogP contribution in [0.2, 0.25) is 0 Å². The SMILES string of the molecule is O=C1NC(=S)SC1=Cc1cc(-c2cc3ccccc3o2)ccc1OCc1ccccc1. The van der Waals surface area contributed by atoms with E-state index in [4.69, 9.17) is 21.4 Å². The predicted octanol–water partition coefficient (Wildman–Crippen LogP) is 6.17. The summed E-state index contributed by atoms with van der Waals surface area (Å²) in [6, 6.07) is 25.7. The van der Waals surface area contributed by atoms with Crippen molar-refractivity contribution in [1.29, 1.82) is 0 Å². The summed E-state index contributed by atoms with van der Waals surface area (Å²) < 4.78 is 12.6. The van der Waals surface area contributed by atoms with E-state index in [-0.39, 0.29) is 5.91 Å². The number of thiocarbonyl (C=S) groups is 1. The molecule has 1 N–H and O–H groups in total. The summed E-state index contributed by atoms with van der Waals surface area (Å²) in [6.07, 6.45) is 1.81. The Kier molecular flexibility index (Phi) is 5.32.